The summed E-state index contributed by atoms with van der Waals surface area (Å²) < 4.78 is 1.91. The number of aromatic nitrogens is 1. The zero-order chi connectivity index (χ0) is 12.0. The van der Waals surface area contributed by atoms with E-state index in [2.05, 4.69) is 16.9 Å². The molecule has 3 rings (SSSR count). The molecule has 17 heavy (non-hydrogen) atoms. The largest absolute Gasteiger partial charge is 0.383 e. The van der Waals surface area contributed by atoms with Crippen molar-refractivity contribution in [1.82, 2.24) is 4.57 Å². The fourth-order valence-corrected chi connectivity index (χ4v) is 2.13. The first kappa shape index (κ1) is 9.92. The zero-order valence-electron chi connectivity index (χ0n) is 9.09. The minimum absolute atomic E-state index is 0.347. The van der Waals surface area contributed by atoms with Gasteiger partial charge in [-0.25, -0.2) is 4.99 Å². The van der Waals surface area contributed by atoms with Crippen molar-refractivity contribution < 1.29 is 5.11 Å². The third-order valence-electron chi connectivity index (χ3n) is 2.91. The molecule has 2 aromatic rings. The zero-order valence-corrected chi connectivity index (χ0v) is 9.09. The Morgan fingerprint density at radius 1 is 1.47 bits per heavy atom. The van der Waals surface area contributed by atoms with E-state index in [0.717, 1.165) is 22.2 Å². The highest BCUT2D eigenvalue weighted by Gasteiger charge is 2.19. The van der Waals surface area contributed by atoms with Crippen molar-refractivity contribution in [2.24, 2.45) is 10.7 Å². The van der Waals surface area contributed by atoms with Crippen LogP contribution in [-0.2, 0) is 0 Å². The lowest BCUT2D eigenvalue weighted by atomic mass is 10.1. The lowest BCUT2D eigenvalue weighted by molar-refractivity contribution is 0.213. The van der Waals surface area contributed by atoms with Crippen molar-refractivity contribution in [3.8, 4) is 0 Å². The van der Waals surface area contributed by atoms with Crippen LogP contribution < -0.4 is 11.1 Å². The van der Waals surface area contributed by atoms with Crippen molar-refractivity contribution in [2.45, 2.75) is 6.35 Å². The second-order valence-electron chi connectivity index (χ2n) is 3.86. The van der Waals surface area contributed by atoms with E-state index >= 15 is 0 Å². The monoisotopic (exact) mass is 228 g/mol. The number of benzene rings is 1. The highest BCUT2D eigenvalue weighted by molar-refractivity contribution is 6.11. The Labute approximate surface area is 97.9 Å². The van der Waals surface area contributed by atoms with Crippen LogP contribution in [0, 0.1) is 0 Å². The molecule has 1 aliphatic heterocycles. The molecular weight excluding hydrogens is 216 g/mol. The van der Waals surface area contributed by atoms with E-state index in [1.54, 1.807) is 6.20 Å². The number of anilines is 1. The molecule has 0 radical (unpaired) electrons. The molecule has 0 saturated carbocycles. The predicted octanol–water partition coefficient (Wildman–Crippen LogP) is 1.15. The Balaban J connectivity index is 2.34. The summed E-state index contributed by atoms with van der Waals surface area (Å²) in [4.78, 5) is 3.87. The van der Waals surface area contributed by atoms with Gasteiger partial charge in [-0.1, -0.05) is 6.58 Å². The molecule has 1 aromatic carbocycles. The molecule has 0 saturated heterocycles. The molecular formula is C12H12N4O. The molecule has 0 bridgehead atoms. The van der Waals surface area contributed by atoms with Crippen LogP contribution in [0.2, 0.25) is 0 Å². The molecule has 5 nitrogen and oxygen atoms in total. The molecule has 0 fully saturated rings. The Bertz CT molecular complexity index is 641. The van der Waals surface area contributed by atoms with Crippen molar-refractivity contribution in [1.29, 1.82) is 0 Å². The van der Waals surface area contributed by atoms with Gasteiger partial charge in [0.2, 0.25) is 6.35 Å². The second kappa shape index (κ2) is 3.36. The Morgan fingerprint density at radius 3 is 3.06 bits per heavy atom. The van der Waals surface area contributed by atoms with E-state index < -0.39 is 6.35 Å². The first-order valence-corrected chi connectivity index (χ1v) is 5.25. The van der Waals surface area contributed by atoms with Gasteiger partial charge in [0.1, 0.15) is 5.84 Å². The summed E-state index contributed by atoms with van der Waals surface area (Å²) in [6.45, 7) is 3.74. The third kappa shape index (κ3) is 1.33. The van der Waals surface area contributed by atoms with Gasteiger partial charge in [-0.15, -0.1) is 0 Å². The molecule has 86 valence electrons. The van der Waals surface area contributed by atoms with Crippen molar-refractivity contribution in [3.05, 3.63) is 36.5 Å². The number of amidine groups is 1. The average molecular weight is 228 g/mol. The van der Waals surface area contributed by atoms with Crippen molar-refractivity contribution in [2.75, 3.05) is 5.32 Å². The molecule has 1 atom stereocenters. The number of fused-ring (bicyclic) bond motifs is 3. The highest BCUT2D eigenvalue weighted by atomic mass is 16.3. The molecule has 5 heteroatoms. The van der Waals surface area contributed by atoms with Crippen LogP contribution in [-0.4, -0.2) is 21.9 Å². The number of nitrogens with zero attached hydrogens (tertiary/aromatic N) is 2. The summed E-state index contributed by atoms with van der Waals surface area (Å²) in [7, 11) is 0. The lowest BCUT2D eigenvalue weighted by Crippen LogP contribution is -2.29. The van der Waals surface area contributed by atoms with E-state index in [0.29, 0.717) is 5.84 Å². The van der Waals surface area contributed by atoms with Crippen LogP contribution in [0.5, 0.6) is 0 Å². The number of rotatable bonds is 1. The van der Waals surface area contributed by atoms with Gasteiger partial charge in [-0.2, -0.15) is 0 Å². The van der Waals surface area contributed by atoms with Crippen LogP contribution in [0.25, 0.3) is 17.1 Å². The standard InChI is InChI=1S/C12H12N4O/c1-2-16-6-5-7-9(16)4-3-8-10(7)14-12(17)15-11(8)13/h2-6,12,14,17H,1H2,(H2,13,15). The third-order valence-corrected chi connectivity index (χ3v) is 2.91. The van der Waals surface area contributed by atoms with E-state index in [1.165, 1.54) is 0 Å². The highest BCUT2D eigenvalue weighted by Crippen LogP contribution is 2.31. The Hall–Kier alpha value is -2.27. The fourth-order valence-electron chi connectivity index (χ4n) is 2.13. The number of nitrogens with two attached hydrogens (primary N) is 1. The number of nitrogens with one attached hydrogen (secondary N) is 1. The fraction of sp³-hybridized carbons (Fsp3) is 0.0833. The van der Waals surface area contributed by atoms with Crippen molar-refractivity contribution in [3.63, 3.8) is 0 Å². The summed E-state index contributed by atoms with van der Waals surface area (Å²) >= 11 is 0. The second-order valence-corrected chi connectivity index (χ2v) is 3.86. The molecule has 0 spiro atoms. The Morgan fingerprint density at radius 2 is 2.29 bits per heavy atom. The van der Waals surface area contributed by atoms with Crippen LogP contribution in [0.3, 0.4) is 0 Å². The molecule has 1 aliphatic rings. The van der Waals surface area contributed by atoms with E-state index in [-0.39, 0.29) is 0 Å². The predicted molar refractivity (Wildman–Crippen MR) is 68.7 cm³/mol. The van der Waals surface area contributed by atoms with Gasteiger partial charge in [0, 0.05) is 23.3 Å². The summed E-state index contributed by atoms with van der Waals surface area (Å²) in [5.41, 5.74) is 8.42. The summed E-state index contributed by atoms with van der Waals surface area (Å²) in [6.07, 6.45) is 2.65. The normalized spacial score (nSPS) is 18.4. The van der Waals surface area contributed by atoms with E-state index in [1.807, 2.05) is 29.0 Å². The molecule has 0 aliphatic carbocycles. The SMILES string of the molecule is C=Cn1ccc2c3c(ccc21)C(N)=NC(O)N3. The Kier molecular flexibility index (Phi) is 1.96. The smallest absolute Gasteiger partial charge is 0.225 e. The van der Waals surface area contributed by atoms with Crippen LogP contribution in [0.1, 0.15) is 5.56 Å². The maximum atomic E-state index is 9.54. The van der Waals surface area contributed by atoms with E-state index in [4.69, 9.17) is 5.73 Å². The summed E-state index contributed by atoms with van der Waals surface area (Å²) in [6, 6.07) is 5.79. The maximum Gasteiger partial charge on any atom is 0.225 e. The topological polar surface area (TPSA) is 75.6 Å². The first-order valence-electron chi connectivity index (χ1n) is 5.25. The first-order chi connectivity index (χ1) is 8.20. The molecule has 1 aromatic heterocycles. The van der Waals surface area contributed by atoms with Gasteiger partial charge in [0.05, 0.1) is 11.2 Å². The van der Waals surface area contributed by atoms with Crippen molar-refractivity contribution >= 4 is 28.6 Å². The number of aliphatic hydroxyl groups excluding tert-OH is 1. The van der Waals surface area contributed by atoms with Gasteiger partial charge >= 0.3 is 0 Å². The van der Waals surface area contributed by atoms with Gasteiger partial charge in [0.15, 0.2) is 0 Å². The van der Waals surface area contributed by atoms with Gasteiger partial charge in [-0.3, -0.25) is 0 Å². The maximum absolute atomic E-state index is 9.54. The van der Waals surface area contributed by atoms with Crippen LogP contribution in [0.15, 0.2) is 36.0 Å². The lowest BCUT2D eigenvalue weighted by Gasteiger charge is -2.21. The number of hydrogen-bond acceptors (Lipinski definition) is 4. The van der Waals surface area contributed by atoms with Crippen LogP contribution >= 0.6 is 0 Å². The minimum Gasteiger partial charge on any atom is -0.383 e. The molecule has 1 unspecified atom stereocenters. The number of hydrogen-bond donors (Lipinski definition) is 3. The summed E-state index contributed by atoms with van der Waals surface area (Å²) in [5.74, 6) is 0.347. The number of aliphatic imine (C=N–C) groups is 1. The summed E-state index contributed by atoms with van der Waals surface area (Å²) in [5, 5.41) is 13.4. The van der Waals surface area contributed by atoms with Gasteiger partial charge in [-0.05, 0) is 18.2 Å². The minimum atomic E-state index is -0.986. The average Bonchev–Trinajstić information content (AvgIpc) is 2.71. The van der Waals surface area contributed by atoms with Gasteiger partial charge < -0.3 is 20.7 Å². The number of aliphatic hydroxyl groups is 1. The molecule has 0 amide bonds. The molecule has 4 N–H and O–H groups in total. The van der Waals surface area contributed by atoms with Crippen LogP contribution in [0.4, 0.5) is 5.69 Å². The van der Waals surface area contributed by atoms with E-state index in [9.17, 15) is 5.11 Å². The molecule has 2 heterocycles. The van der Waals surface area contributed by atoms with Gasteiger partial charge in [0.25, 0.3) is 0 Å². The quantitative estimate of drug-likeness (QED) is 0.685.